The van der Waals surface area contributed by atoms with Crippen LogP contribution in [0.25, 0.3) is 0 Å². The van der Waals surface area contributed by atoms with Gasteiger partial charge in [0.25, 0.3) is 11.8 Å². The average Bonchev–Trinajstić information content (AvgIpc) is 2.86. The molecule has 0 bridgehead atoms. The average molecular weight is 308 g/mol. The summed E-state index contributed by atoms with van der Waals surface area (Å²) in [7, 11) is 0. The van der Waals surface area contributed by atoms with E-state index in [0.717, 1.165) is 36.1 Å². The first-order chi connectivity index (χ1) is 10.2. The number of hydrogen-bond acceptors (Lipinski definition) is 5. The van der Waals surface area contributed by atoms with Crippen LogP contribution in [0.4, 0.5) is 5.00 Å². The van der Waals surface area contributed by atoms with Gasteiger partial charge in [0.2, 0.25) is 5.76 Å². The molecule has 1 aliphatic heterocycles. The van der Waals surface area contributed by atoms with Crippen molar-refractivity contribution >= 4 is 28.2 Å². The molecule has 2 aliphatic rings. The van der Waals surface area contributed by atoms with Crippen LogP contribution in [0.5, 0.6) is 0 Å². The lowest BCUT2D eigenvalue weighted by molar-refractivity contribution is -0.117. The Bertz CT molecular complexity index is 621. The fourth-order valence-electron chi connectivity index (χ4n) is 2.57. The van der Waals surface area contributed by atoms with E-state index in [1.807, 2.05) is 0 Å². The normalized spacial score (nSPS) is 17.0. The first-order valence-corrected chi connectivity index (χ1v) is 7.68. The van der Waals surface area contributed by atoms with E-state index < -0.39 is 11.8 Å². The highest BCUT2D eigenvalue weighted by Crippen LogP contribution is 2.38. The van der Waals surface area contributed by atoms with Gasteiger partial charge in [0.05, 0.1) is 5.56 Å². The van der Waals surface area contributed by atoms with Gasteiger partial charge in [-0.2, -0.15) is 0 Å². The molecule has 0 unspecified atom stereocenters. The van der Waals surface area contributed by atoms with E-state index >= 15 is 0 Å². The van der Waals surface area contributed by atoms with Crippen molar-refractivity contribution in [1.82, 2.24) is 0 Å². The van der Waals surface area contributed by atoms with Crippen molar-refractivity contribution < 1.29 is 19.1 Å². The topological polar surface area (TPSA) is 90.7 Å². The summed E-state index contributed by atoms with van der Waals surface area (Å²) in [5.74, 6) is -0.807. The molecule has 0 spiro atoms. The number of rotatable bonds is 3. The zero-order chi connectivity index (χ0) is 14.8. The van der Waals surface area contributed by atoms with Crippen molar-refractivity contribution in [2.45, 2.75) is 25.7 Å². The van der Waals surface area contributed by atoms with Gasteiger partial charge in [-0.05, 0) is 31.2 Å². The third kappa shape index (κ3) is 2.73. The molecule has 0 radical (unpaired) electrons. The lowest BCUT2D eigenvalue weighted by Gasteiger charge is -2.15. The van der Waals surface area contributed by atoms with Gasteiger partial charge in [-0.15, -0.1) is 11.3 Å². The second-order valence-corrected chi connectivity index (χ2v) is 6.04. The van der Waals surface area contributed by atoms with Gasteiger partial charge < -0.3 is 20.5 Å². The Kier molecular flexibility index (Phi) is 3.83. The highest BCUT2D eigenvalue weighted by atomic mass is 32.1. The quantitative estimate of drug-likeness (QED) is 0.886. The van der Waals surface area contributed by atoms with Gasteiger partial charge in [0.1, 0.15) is 24.5 Å². The van der Waals surface area contributed by atoms with Crippen molar-refractivity contribution in [3.8, 4) is 0 Å². The van der Waals surface area contributed by atoms with E-state index in [1.54, 1.807) is 0 Å². The van der Waals surface area contributed by atoms with Crippen molar-refractivity contribution in [3.05, 3.63) is 28.0 Å². The zero-order valence-electron chi connectivity index (χ0n) is 11.4. The first-order valence-electron chi connectivity index (χ1n) is 6.87. The van der Waals surface area contributed by atoms with E-state index in [4.69, 9.17) is 15.2 Å². The van der Waals surface area contributed by atoms with Gasteiger partial charge in [-0.25, -0.2) is 0 Å². The zero-order valence-corrected chi connectivity index (χ0v) is 12.3. The van der Waals surface area contributed by atoms with E-state index in [-0.39, 0.29) is 5.76 Å². The van der Waals surface area contributed by atoms with Gasteiger partial charge in [0, 0.05) is 4.88 Å². The van der Waals surface area contributed by atoms with E-state index in [2.05, 4.69) is 5.32 Å². The fraction of sp³-hybridized carbons (Fsp3) is 0.429. The van der Waals surface area contributed by atoms with E-state index in [0.29, 0.717) is 23.8 Å². The Balaban J connectivity index is 1.88. The van der Waals surface area contributed by atoms with Crippen molar-refractivity contribution in [1.29, 1.82) is 0 Å². The van der Waals surface area contributed by atoms with Gasteiger partial charge in [0.15, 0.2) is 0 Å². The predicted octanol–water partition coefficient (Wildman–Crippen LogP) is 1.55. The molecule has 0 aromatic carbocycles. The summed E-state index contributed by atoms with van der Waals surface area (Å²) in [6, 6.07) is 0. The third-order valence-electron chi connectivity index (χ3n) is 3.52. The van der Waals surface area contributed by atoms with Crippen LogP contribution in [0.1, 0.15) is 33.6 Å². The van der Waals surface area contributed by atoms with E-state index in [9.17, 15) is 9.59 Å². The molecule has 1 aromatic rings. The minimum absolute atomic E-state index is 0.114. The molecule has 21 heavy (non-hydrogen) atoms. The monoisotopic (exact) mass is 308 g/mol. The molecule has 1 aliphatic carbocycles. The number of primary amides is 1. The summed E-state index contributed by atoms with van der Waals surface area (Å²) in [5, 5.41) is 3.23. The maximum absolute atomic E-state index is 12.1. The van der Waals surface area contributed by atoms with Crippen LogP contribution in [-0.2, 0) is 27.1 Å². The number of ether oxygens (including phenoxy) is 2. The predicted molar refractivity (Wildman–Crippen MR) is 78.1 cm³/mol. The molecule has 1 aromatic heterocycles. The number of nitrogens with two attached hydrogens (primary N) is 1. The van der Waals surface area contributed by atoms with Crippen LogP contribution in [0.3, 0.4) is 0 Å². The molecule has 0 atom stereocenters. The second-order valence-electron chi connectivity index (χ2n) is 4.93. The fourth-order valence-corrected chi connectivity index (χ4v) is 3.86. The summed E-state index contributed by atoms with van der Waals surface area (Å²) in [4.78, 5) is 25.0. The summed E-state index contributed by atoms with van der Waals surface area (Å²) in [6.45, 7) is 0.763. The second kappa shape index (κ2) is 5.77. The molecular formula is C14H16N2O4S. The molecule has 2 heterocycles. The van der Waals surface area contributed by atoms with Gasteiger partial charge >= 0.3 is 0 Å². The van der Waals surface area contributed by atoms with Crippen LogP contribution in [-0.4, -0.2) is 25.0 Å². The maximum atomic E-state index is 12.1. The molecule has 0 fully saturated rings. The number of aryl methyl sites for hydroxylation is 1. The Hall–Kier alpha value is -2.02. The standard InChI is InChI=1S/C14H16N2O4S/c15-12(17)11-8-3-1-2-4-10(8)21-14(11)16-13(18)9-7-19-5-6-20-9/h7H,1-6H2,(H2,15,17)(H,16,18). The molecule has 0 saturated heterocycles. The highest BCUT2D eigenvalue weighted by Gasteiger charge is 2.26. The van der Waals surface area contributed by atoms with E-state index in [1.165, 1.54) is 17.6 Å². The minimum Gasteiger partial charge on any atom is -0.494 e. The Labute approximate surface area is 125 Å². The first kappa shape index (κ1) is 13.9. The third-order valence-corrected chi connectivity index (χ3v) is 4.72. The minimum atomic E-state index is -0.500. The van der Waals surface area contributed by atoms with Gasteiger partial charge in [-0.1, -0.05) is 0 Å². The Morgan fingerprint density at radius 3 is 2.76 bits per heavy atom. The highest BCUT2D eigenvalue weighted by molar-refractivity contribution is 7.17. The molecule has 3 rings (SSSR count). The lowest BCUT2D eigenvalue weighted by atomic mass is 9.95. The summed E-state index contributed by atoms with van der Waals surface area (Å²) in [5.41, 5.74) is 6.92. The number of carbonyl (C=O) groups is 2. The number of fused-ring (bicyclic) bond motifs is 1. The molecule has 7 heteroatoms. The molecule has 0 saturated carbocycles. The number of carbonyl (C=O) groups excluding carboxylic acids is 2. The van der Waals surface area contributed by atoms with Crippen molar-refractivity contribution in [3.63, 3.8) is 0 Å². The van der Waals surface area contributed by atoms with Crippen molar-refractivity contribution in [2.24, 2.45) is 5.73 Å². The Morgan fingerprint density at radius 1 is 1.24 bits per heavy atom. The SMILES string of the molecule is NC(=O)c1c(NC(=O)C2=COCCO2)sc2c1CCCC2. The van der Waals surface area contributed by atoms with Crippen molar-refractivity contribution in [2.75, 3.05) is 18.5 Å². The molecular weight excluding hydrogens is 292 g/mol. The summed E-state index contributed by atoms with van der Waals surface area (Å²) >= 11 is 1.43. The molecule has 3 N–H and O–H groups in total. The van der Waals surface area contributed by atoms with Crippen LogP contribution in [0.15, 0.2) is 12.0 Å². The number of thiophene rings is 1. The van der Waals surface area contributed by atoms with Crippen LogP contribution in [0.2, 0.25) is 0 Å². The number of hydrogen-bond donors (Lipinski definition) is 2. The number of nitrogens with one attached hydrogen (secondary N) is 1. The summed E-state index contributed by atoms with van der Waals surface area (Å²) in [6.07, 6.45) is 5.19. The Morgan fingerprint density at radius 2 is 2.05 bits per heavy atom. The molecule has 112 valence electrons. The van der Waals surface area contributed by atoms with Crippen LogP contribution >= 0.6 is 11.3 Å². The van der Waals surface area contributed by atoms with Gasteiger partial charge in [-0.3, -0.25) is 9.59 Å². The maximum Gasteiger partial charge on any atom is 0.294 e. The lowest BCUT2D eigenvalue weighted by Crippen LogP contribution is -2.22. The molecule has 2 amide bonds. The number of amides is 2. The number of anilines is 1. The largest absolute Gasteiger partial charge is 0.494 e. The molecule has 6 nitrogen and oxygen atoms in total. The smallest absolute Gasteiger partial charge is 0.294 e. The van der Waals surface area contributed by atoms with Crippen LogP contribution in [0, 0.1) is 0 Å². The summed E-state index contributed by atoms with van der Waals surface area (Å²) < 4.78 is 10.3. The van der Waals surface area contributed by atoms with Crippen LogP contribution < -0.4 is 11.1 Å².